The fourth-order valence-corrected chi connectivity index (χ4v) is 2.14. The number of benzene rings is 1. The lowest BCUT2D eigenvalue weighted by atomic mass is 10.2. The van der Waals surface area contributed by atoms with E-state index in [0.29, 0.717) is 13.1 Å². The number of pyridine rings is 1. The van der Waals surface area contributed by atoms with Gasteiger partial charge < -0.3 is 20.1 Å². The van der Waals surface area contributed by atoms with Crippen LogP contribution in [0.4, 0.5) is 0 Å². The lowest BCUT2D eigenvalue weighted by Gasteiger charge is -2.07. The van der Waals surface area contributed by atoms with Crippen molar-refractivity contribution in [3.63, 3.8) is 0 Å². The molecule has 0 unspecified atom stereocenters. The van der Waals surface area contributed by atoms with Gasteiger partial charge in [0.1, 0.15) is 0 Å². The van der Waals surface area contributed by atoms with Gasteiger partial charge in [-0.1, -0.05) is 12.1 Å². The molecule has 0 aliphatic carbocycles. The summed E-state index contributed by atoms with van der Waals surface area (Å²) in [6.07, 6.45) is 3.50. The van der Waals surface area contributed by atoms with Crippen LogP contribution in [0.2, 0.25) is 0 Å². The molecular formula is C16H17N3O3. The van der Waals surface area contributed by atoms with Crippen molar-refractivity contribution < 1.29 is 14.3 Å². The molecule has 1 amide bonds. The Bertz CT molecular complexity index is 646. The third-order valence-corrected chi connectivity index (χ3v) is 3.26. The molecule has 0 saturated heterocycles. The second-order valence-corrected chi connectivity index (χ2v) is 4.93. The molecule has 0 fully saturated rings. The monoisotopic (exact) mass is 299 g/mol. The van der Waals surface area contributed by atoms with Gasteiger partial charge in [-0.05, 0) is 29.3 Å². The third kappa shape index (κ3) is 3.73. The summed E-state index contributed by atoms with van der Waals surface area (Å²) < 4.78 is 10.6. The zero-order chi connectivity index (χ0) is 15.2. The van der Waals surface area contributed by atoms with Crippen LogP contribution in [0.1, 0.15) is 11.1 Å². The van der Waals surface area contributed by atoms with Crippen molar-refractivity contribution in [3.8, 4) is 11.5 Å². The molecule has 22 heavy (non-hydrogen) atoms. The second-order valence-electron chi connectivity index (χ2n) is 4.93. The van der Waals surface area contributed by atoms with Crippen molar-refractivity contribution in [2.75, 3.05) is 13.3 Å². The van der Waals surface area contributed by atoms with Crippen LogP contribution in [-0.2, 0) is 17.9 Å². The molecule has 0 spiro atoms. The van der Waals surface area contributed by atoms with E-state index in [9.17, 15) is 4.79 Å². The lowest BCUT2D eigenvalue weighted by Crippen LogP contribution is -2.33. The second kappa shape index (κ2) is 6.91. The standard InChI is InChI=1S/C16H17N3O3/c20-16(10-18-8-13-2-1-5-17-7-13)19-9-12-3-4-14-15(6-12)22-11-21-14/h1-7,18H,8-11H2,(H,19,20). The van der Waals surface area contributed by atoms with Crippen molar-refractivity contribution in [3.05, 3.63) is 53.9 Å². The number of carbonyl (C=O) groups is 1. The van der Waals surface area contributed by atoms with E-state index in [2.05, 4.69) is 15.6 Å². The summed E-state index contributed by atoms with van der Waals surface area (Å²) in [6, 6.07) is 9.48. The minimum absolute atomic E-state index is 0.0541. The van der Waals surface area contributed by atoms with Crippen LogP contribution >= 0.6 is 0 Å². The molecular weight excluding hydrogens is 282 g/mol. The quantitative estimate of drug-likeness (QED) is 0.839. The number of ether oxygens (including phenoxy) is 2. The Kier molecular flexibility index (Phi) is 4.50. The molecule has 6 heteroatoms. The Morgan fingerprint density at radius 3 is 2.91 bits per heavy atom. The molecule has 1 aliphatic heterocycles. The molecule has 0 atom stereocenters. The first-order valence-electron chi connectivity index (χ1n) is 7.06. The number of amides is 1. The molecule has 0 radical (unpaired) electrons. The highest BCUT2D eigenvalue weighted by molar-refractivity contribution is 5.78. The zero-order valence-corrected chi connectivity index (χ0v) is 12.0. The molecule has 1 aromatic heterocycles. The van der Waals surface area contributed by atoms with Gasteiger partial charge in [-0.25, -0.2) is 0 Å². The maximum atomic E-state index is 11.8. The molecule has 2 aromatic rings. The average molecular weight is 299 g/mol. The summed E-state index contributed by atoms with van der Waals surface area (Å²) >= 11 is 0. The summed E-state index contributed by atoms with van der Waals surface area (Å²) in [5.41, 5.74) is 2.02. The normalized spacial score (nSPS) is 12.2. The van der Waals surface area contributed by atoms with Crippen LogP contribution < -0.4 is 20.1 Å². The Hall–Kier alpha value is -2.60. The van der Waals surface area contributed by atoms with Gasteiger partial charge in [0.25, 0.3) is 0 Å². The van der Waals surface area contributed by atoms with Crippen molar-refractivity contribution in [1.29, 1.82) is 0 Å². The Morgan fingerprint density at radius 2 is 2.05 bits per heavy atom. The van der Waals surface area contributed by atoms with Crippen LogP contribution in [0.25, 0.3) is 0 Å². The van der Waals surface area contributed by atoms with E-state index in [1.54, 1.807) is 12.4 Å². The highest BCUT2D eigenvalue weighted by atomic mass is 16.7. The number of rotatable bonds is 6. The van der Waals surface area contributed by atoms with Crippen LogP contribution in [0.3, 0.4) is 0 Å². The van der Waals surface area contributed by atoms with Gasteiger partial charge in [0.15, 0.2) is 11.5 Å². The summed E-state index contributed by atoms with van der Waals surface area (Å²) in [5.74, 6) is 1.41. The number of nitrogens with one attached hydrogen (secondary N) is 2. The molecule has 0 bridgehead atoms. The molecule has 1 aromatic carbocycles. The SMILES string of the molecule is O=C(CNCc1cccnc1)NCc1ccc2c(c1)OCO2. The Balaban J connectivity index is 1.41. The van der Waals surface area contributed by atoms with E-state index in [4.69, 9.17) is 9.47 Å². The van der Waals surface area contributed by atoms with E-state index in [-0.39, 0.29) is 19.2 Å². The summed E-state index contributed by atoms with van der Waals surface area (Å²) in [6.45, 7) is 1.60. The molecule has 1 aliphatic rings. The Morgan fingerprint density at radius 1 is 1.14 bits per heavy atom. The molecule has 3 rings (SSSR count). The first-order valence-corrected chi connectivity index (χ1v) is 7.06. The third-order valence-electron chi connectivity index (χ3n) is 3.26. The first-order chi connectivity index (χ1) is 10.8. The summed E-state index contributed by atoms with van der Waals surface area (Å²) in [5, 5.41) is 5.95. The van der Waals surface area contributed by atoms with Crippen LogP contribution in [0, 0.1) is 0 Å². The van der Waals surface area contributed by atoms with Crippen LogP contribution in [0.5, 0.6) is 11.5 Å². The lowest BCUT2D eigenvalue weighted by molar-refractivity contribution is -0.120. The first kappa shape index (κ1) is 14.3. The van der Waals surface area contributed by atoms with Gasteiger partial charge in [-0.2, -0.15) is 0 Å². The van der Waals surface area contributed by atoms with E-state index >= 15 is 0 Å². The number of aromatic nitrogens is 1. The van der Waals surface area contributed by atoms with Gasteiger partial charge >= 0.3 is 0 Å². The number of fused-ring (bicyclic) bond motifs is 1. The summed E-state index contributed by atoms with van der Waals surface area (Å²) in [4.78, 5) is 15.8. The van der Waals surface area contributed by atoms with E-state index in [0.717, 1.165) is 22.6 Å². The number of hydrogen-bond donors (Lipinski definition) is 2. The van der Waals surface area contributed by atoms with Crippen molar-refractivity contribution in [2.45, 2.75) is 13.1 Å². The molecule has 2 heterocycles. The van der Waals surface area contributed by atoms with Crippen molar-refractivity contribution in [1.82, 2.24) is 15.6 Å². The average Bonchev–Trinajstić information content (AvgIpc) is 3.01. The zero-order valence-electron chi connectivity index (χ0n) is 12.0. The largest absolute Gasteiger partial charge is 0.454 e. The minimum Gasteiger partial charge on any atom is -0.454 e. The van der Waals surface area contributed by atoms with Gasteiger partial charge in [0, 0.05) is 25.5 Å². The number of hydrogen-bond acceptors (Lipinski definition) is 5. The van der Waals surface area contributed by atoms with Crippen LogP contribution in [0.15, 0.2) is 42.7 Å². The predicted octanol–water partition coefficient (Wildman–Crippen LogP) is 1.22. The Labute approximate surface area is 128 Å². The highest BCUT2D eigenvalue weighted by Gasteiger charge is 2.13. The fourth-order valence-electron chi connectivity index (χ4n) is 2.14. The predicted molar refractivity (Wildman–Crippen MR) is 80.4 cm³/mol. The maximum absolute atomic E-state index is 11.8. The van der Waals surface area contributed by atoms with Crippen molar-refractivity contribution in [2.24, 2.45) is 0 Å². The number of carbonyl (C=O) groups excluding carboxylic acids is 1. The summed E-state index contributed by atoms with van der Waals surface area (Å²) in [7, 11) is 0. The maximum Gasteiger partial charge on any atom is 0.234 e. The highest BCUT2D eigenvalue weighted by Crippen LogP contribution is 2.32. The minimum atomic E-state index is -0.0541. The number of nitrogens with zero attached hydrogens (tertiary/aromatic N) is 1. The van der Waals surface area contributed by atoms with E-state index < -0.39 is 0 Å². The van der Waals surface area contributed by atoms with Crippen molar-refractivity contribution >= 4 is 5.91 Å². The van der Waals surface area contributed by atoms with E-state index in [1.807, 2.05) is 30.3 Å². The molecule has 6 nitrogen and oxygen atoms in total. The van der Waals surface area contributed by atoms with Crippen LogP contribution in [-0.4, -0.2) is 24.2 Å². The van der Waals surface area contributed by atoms with Gasteiger partial charge in [0.05, 0.1) is 6.54 Å². The molecule has 114 valence electrons. The van der Waals surface area contributed by atoms with Gasteiger partial charge in [0.2, 0.25) is 12.7 Å². The van der Waals surface area contributed by atoms with E-state index in [1.165, 1.54) is 0 Å². The molecule has 2 N–H and O–H groups in total. The smallest absolute Gasteiger partial charge is 0.234 e. The van der Waals surface area contributed by atoms with Gasteiger partial charge in [-0.3, -0.25) is 9.78 Å². The topological polar surface area (TPSA) is 72.5 Å². The molecule has 0 saturated carbocycles. The van der Waals surface area contributed by atoms with Gasteiger partial charge in [-0.15, -0.1) is 0 Å². The fraction of sp³-hybridized carbons (Fsp3) is 0.250.